The van der Waals surface area contributed by atoms with Crippen LogP contribution >= 0.6 is 0 Å². The molecule has 2 heteroatoms. The highest BCUT2D eigenvalue weighted by Crippen LogP contribution is 2.02. The maximum absolute atomic E-state index is 11.7. The van der Waals surface area contributed by atoms with E-state index in [1.165, 1.54) is 25.7 Å². The Balaban J connectivity index is 3.02. The lowest BCUT2D eigenvalue weighted by Crippen LogP contribution is -2.27. The first-order chi connectivity index (χ1) is 5.31. The Bertz CT molecular complexity index is 76.0. The molecule has 0 aliphatic heterocycles. The van der Waals surface area contributed by atoms with Crippen LogP contribution in [0.1, 0.15) is 39.5 Å². The standard InChI is InChI=1S/C9H20FN/c1-3-4-5-6-9(2)11-8-7-10/h9,11H,3-8H2,1-2H3. The lowest BCUT2D eigenvalue weighted by molar-refractivity contribution is 0.422. The van der Waals surface area contributed by atoms with Gasteiger partial charge in [0.15, 0.2) is 0 Å². The van der Waals surface area contributed by atoms with Crippen molar-refractivity contribution in [3.63, 3.8) is 0 Å². The fraction of sp³-hybridized carbons (Fsp3) is 1.00. The van der Waals surface area contributed by atoms with Gasteiger partial charge >= 0.3 is 0 Å². The van der Waals surface area contributed by atoms with Gasteiger partial charge in [-0.1, -0.05) is 26.2 Å². The van der Waals surface area contributed by atoms with Crippen molar-refractivity contribution in [2.24, 2.45) is 0 Å². The molecule has 0 heterocycles. The van der Waals surface area contributed by atoms with Crippen molar-refractivity contribution < 1.29 is 4.39 Å². The van der Waals surface area contributed by atoms with E-state index in [2.05, 4.69) is 19.2 Å². The molecule has 0 saturated carbocycles. The Morgan fingerprint density at radius 1 is 1.36 bits per heavy atom. The summed E-state index contributed by atoms with van der Waals surface area (Å²) in [6.07, 6.45) is 4.99. The maximum Gasteiger partial charge on any atom is 0.102 e. The zero-order valence-corrected chi connectivity index (χ0v) is 7.70. The van der Waals surface area contributed by atoms with Crippen LogP contribution in [0.15, 0.2) is 0 Å². The minimum absolute atomic E-state index is 0.252. The van der Waals surface area contributed by atoms with Gasteiger partial charge < -0.3 is 5.32 Å². The number of unbranched alkanes of at least 4 members (excludes halogenated alkanes) is 2. The molecule has 0 rings (SSSR count). The largest absolute Gasteiger partial charge is 0.312 e. The maximum atomic E-state index is 11.7. The molecule has 1 unspecified atom stereocenters. The normalized spacial score (nSPS) is 13.4. The van der Waals surface area contributed by atoms with Gasteiger partial charge in [0, 0.05) is 12.6 Å². The molecule has 1 atom stereocenters. The van der Waals surface area contributed by atoms with E-state index in [0.717, 1.165) is 0 Å². The van der Waals surface area contributed by atoms with Crippen LogP contribution in [0.25, 0.3) is 0 Å². The molecule has 68 valence electrons. The highest BCUT2D eigenvalue weighted by Gasteiger charge is 1.98. The predicted octanol–water partition coefficient (Wildman–Crippen LogP) is 2.51. The summed E-state index contributed by atoms with van der Waals surface area (Å²) in [6.45, 7) is 4.57. The van der Waals surface area contributed by atoms with Gasteiger partial charge in [-0.15, -0.1) is 0 Å². The van der Waals surface area contributed by atoms with Crippen molar-refractivity contribution in [3.05, 3.63) is 0 Å². The smallest absolute Gasteiger partial charge is 0.102 e. The van der Waals surface area contributed by atoms with E-state index in [0.29, 0.717) is 12.6 Å². The van der Waals surface area contributed by atoms with Crippen molar-refractivity contribution in [3.8, 4) is 0 Å². The van der Waals surface area contributed by atoms with Crippen LogP contribution in [0.3, 0.4) is 0 Å². The van der Waals surface area contributed by atoms with E-state index in [9.17, 15) is 4.39 Å². The van der Waals surface area contributed by atoms with Crippen LogP contribution in [0, 0.1) is 0 Å². The second-order valence-electron chi connectivity index (χ2n) is 3.04. The zero-order chi connectivity index (χ0) is 8.53. The van der Waals surface area contributed by atoms with E-state index < -0.39 is 0 Å². The van der Waals surface area contributed by atoms with Crippen LogP contribution in [0.5, 0.6) is 0 Å². The predicted molar refractivity (Wildman–Crippen MR) is 47.6 cm³/mol. The number of rotatable bonds is 7. The Morgan fingerprint density at radius 3 is 2.64 bits per heavy atom. The molecule has 0 amide bonds. The fourth-order valence-corrected chi connectivity index (χ4v) is 1.10. The van der Waals surface area contributed by atoms with Crippen LogP contribution in [-0.4, -0.2) is 19.3 Å². The third-order valence-corrected chi connectivity index (χ3v) is 1.83. The molecule has 1 N–H and O–H groups in total. The molecular formula is C9H20FN. The molecule has 0 aromatic heterocycles. The fourth-order valence-electron chi connectivity index (χ4n) is 1.10. The van der Waals surface area contributed by atoms with Crippen molar-refractivity contribution >= 4 is 0 Å². The molecule has 0 aromatic carbocycles. The van der Waals surface area contributed by atoms with Gasteiger partial charge in [-0.25, -0.2) is 4.39 Å². The van der Waals surface area contributed by atoms with Gasteiger partial charge in [0.1, 0.15) is 6.67 Å². The molecule has 0 saturated heterocycles. The molecule has 0 fully saturated rings. The topological polar surface area (TPSA) is 12.0 Å². The Hall–Kier alpha value is -0.110. The number of hydrogen-bond acceptors (Lipinski definition) is 1. The van der Waals surface area contributed by atoms with Crippen LogP contribution < -0.4 is 5.32 Å². The summed E-state index contributed by atoms with van der Waals surface area (Å²) in [5.74, 6) is 0. The van der Waals surface area contributed by atoms with Crippen molar-refractivity contribution in [2.45, 2.75) is 45.6 Å². The van der Waals surface area contributed by atoms with Crippen molar-refractivity contribution in [1.82, 2.24) is 5.32 Å². The number of nitrogens with one attached hydrogen (secondary N) is 1. The van der Waals surface area contributed by atoms with E-state index in [4.69, 9.17) is 0 Å². The molecule has 11 heavy (non-hydrogen) atoms. The second kappa shape index (κ2) is 7.99. The van der Waals surface area contributed by atoms with Crippen LogP contribution in [0.4, 0.5) is 4.39 Å². The summed E-state index contributed by atoms with van der Waals surface area (Å²) < 4.78 is 11.7. The SMILES string of the molecule is CCCCCC(C)NCCF. The molecule has 0 aliphatic carbocycles. The molecular weight excluding hydrogens is 141 g/mol. The zero-order valence-electron chi connectivity index (χ0n) is 7.70. The average molecular weight is 161 g/mol. The summed E-state index contributed by atoms with van der Waals surface area (Å²) in [7, 11) is 0. The number of alkyl halides is 1. The van der Waals surface area contributed by atoms with E-state index in [-0.39, 0.29) is 6.67 Å². The summed E-state index contributed by atoms with van der Waals surface area (Å²) in [5, 5.41) is 3.12. The summed E-state index contributed by atoms with van der Waals surface area (Å²) >= 11 is 0. The van der Waals surface area contributed by atoms with E-state index in [1.807, 2.05) is 0 Å². The molecule has 0 spiro atoms. The first-order valence-corrected chi connectivity index (χ1v) is 4.60. The third-order valence-electron chi connectivity index (χ3n) is 1.83. The van der Waals surface area contributed by atoms with Gasteiger partial charge in [-0.2, -0.15) is 0 Å². The third kappa shape index (κ3) is 7.79. The molecule has 0 aliphatic rings. The highest BCUT2D eigenvalue weighted by molar-refractivity contribution is 4.59. The Morgan fingerprint density at radius 2 is 2.09 bits per heavy atom. The van der Waals surface area contributed by atoms with Crippen LogP contribution in [0.2, 0.25) is 0 Å². The first kappa shape index (κ1) is 10.9. The van der Waals surface area contributed by atoms with Gasteiger partial charge in [-0.3, -0.25) is 0 Å². The molecule has 0 radical (unpaired) electrons. The van der Waals surface area contributed by atoms with Gasteiger partial charge in [-0.05, 0) is 13.3 Å². The minimum Gasteiger partial charge on any atom is -0.312 e. The van der Waals surface area contributed by atoms with Gasteiger partial charge in [0.05, 0.1) is 0 Å². The lowest BCUT2D eigenvalue weighted by Gasteiger charge is -2.11. The average Bonchev–Trinajstić information content (AvgIpc) is 2.01. The minimum atomic E-state index is -0.252. The Labute approximate surface area is 69.4 Å². The number of halogens is 1. The second-order valence-corrected chi connectivity index (χ2v) is 3.04. The Kier molecular flexibility index (Phi) is 7.91. The van der Waals surface area contributed by atoms with Gasteiger partial charge in [0.25, 0.3) is 0 Å². The number of hydrogen-bond donors (Lipinski definition) is 1. The summed E-state index contributed by atoms with van der Waals surface area (Å²) in [4.78, 5) is 0. The van der Waals surface area contributed by atoms with E-state index >= 15 is 0 Å². The first-order valence-electron chi connectivity index (χ1n) is 4.60. The lowest BCUT2D eigenvalue weighted by atomic mass is 10.1. The van der Waals surface area contributed by atoms with E-state index in [1.54, 1.807) is 0 Å². The monoisotopic (exact) mass is 161 g/mol. The molecule has 0 aromatic rings. The quantitative estimate of drug-likeness (QED) is 0.566. The summed E-state index contributed by atoms with van der Waals surface area (Å²) in [6, 6.07) is 0.484. The van der Waals surface area contributed by atoms with Crippen molar-refractivity contribution in [1.29, 1.82) is 0 Å². The van der Waals surface area contributed by atoms with Crippen LogP contribution in [-0.2, 0) is 0 Å². The molecule has 1 nitrogen and oxygen atoms in total. The highest BCUT2D eigenvalue weighted by atomic mass is 19.1. The van der Waals surface area contributed by atoms with Gasteiger partial charge in [0.2, 0.25) is 0 Å². The summed E-state index contributed by atoms with van der Waals surface area (Å²) in [5.41, 5.74) is 0. The van der Waals surface area contributed by atoms with Crippen molar-refractivity contribution in [2.75, 3.05) is 13.2 Å². The molecule has 0 bridgehead atoms.